The van der Waals surface area contributed by atoms with Gasteiger partial charge in [-0.1, -0.05) is 11.6 Å². The predicted molar refractivity (Wildman–Crippen MR) is 74.6 cm³/mol. The topological polar surface area (TPSA) is 60.9 Å². The molecule has 0 saturated heterocycles. The van der Waals surface area contributed by atoms with Crippen LogP contribution in [-0.2, 0) is 0 Å². The van der Waals surface area contributed by atoms with E-state index >= 15 is 0 Å². The molecule has 0 amide bonds. The second-order valence-corrected chi connectivity index (χ2v) is 5.09. The van der Waals surface area contributed by atoms with E-state index in [1.807, 2.05) is 5.38 Å². The van der Waals surface area contributed by atoms with Crippen LogP contribution in [0.3, 0.4) is 0 Å². The lowest BCUT2D eigenvalue weighted by Crippen LogP contribution is -2.21. The fraction of sp³-hybridized carbons (Fsp3) is 0. The van der Waals surface area contributed by atoms with Gasteiger partial charge in [0.15, 0.2) is 5.82 Å². The molecule has 0 fully saturated rings. The van der Waals surface area contributed by atoms with E-state index in [2.05, 4.69) is 5.10 Å². The summed E-state index contributed by atoms with van der Waals surface area (Å²) in [6.45, 7) is 0. The molecule has 0 bridgehead atoms. The zero-order valence-electron chi connectivity index (χ0n) is 9.13. The van der Waals surface area contributed by atoms with Gasteiger partial charge in [-0.15, -0.1) is 16.4 Å². The van der Waals surface area contributed by atoms with Gasteiger partial charge in [0.05, 0.1) is 15.8 Å². The molecule has 3 rings (SSSR count). The molecule has 2 aromatic heterocycles. The van der Waals surface area contributed by atoms with Crippen molar-refractivity contribution in [2.24, 2.45) is 0 Å². The summed E-state index contributed by atoms with van der Waals surface area (Å²) in [7, 11) is 0. The molecule has 0 atom stereocenters. The van der Waals surface area contributed by atoms with Crippen molar-refractivity contribution in [3.05, 3.63) is 51.1 Å². The number of aromatic nitrogens is 2. The minimum atomic E-state index is -0.178. The average Bonchev–Trinajstić information content (AvgIpc) is 2.85. The largest absolute Gasteiger partial charge is 0.381 e. The van der Waals surface area contributed by atoms with E-state index < -0.39 is 0 Å². The molecule has 0 aliphatic carbocycles. The lowest BCUT2D eigenvalue weighted by Gasteiger charge is -2.06. The smallest absolute Gasteiger partial charge is 0.280 e. The number of fused-ring (bicyclic) bond motifs is 1. The van der Waals surface area contributed by atoms with Gasteiger partial charge in [-0.05, 0) is 35.7 Å². The highest BCUT2D eigenvalue weighted by molar-refractivity contribution is 7.17. The van der Waals surface area contributed by atoms with Crippen LogP contribution in [0.15, 0.2) is 40.5 Å². The fourth-order valence-corrected chi connectivity index (χ4v) is 2.66. The van der Waals surface area contributed by atoms with Crippen molar-refractivity contribution in [2.45, 2.75) is 0 Å². The Labute approximate surface area is 111 Å². The Kier molecular flexibility index (Phi) is 2.57. The molecule has 2 heterocycles. The first-order valence-corrected chi connectivity index (χ1v) is 6.44. The lowest BCUT2D eigenvalue weighted by atomic mass is 10.3. The Morgan fingerprint density at radius 2 is 1.94 bits per heavy atom. The van der Waals surface area contributed by atoms with Gasteiger partial charge >= 0.3 is 0 Å². The van der Waals surface area contributed by atoms with Crippen LogP contribution in [0.2, 0.25) is 5.02 Å². The van der Waals surface area contributed by atoms with Crippen LogP contribution in [0, 0.1) is 0 Å². The monoisotopic (exact) mass is 277 g/mol. The summed E-state index contributed by atoms with van der Waals surface area (Å²) in [6, 6.07) is 8.63. The summed E-state index contributed by atoms with van der Waals surface area (Å²) in [4.78, 5) is 12.2. The highest BCUT2D eigenvalue weighted by Crippen LogP contribution is 2.22. The van der Waals surface area contributed by atoms with Gasteiger partial charge < -0.3 is 5.73 Å². The Hall–Kier alpha value is -1.85. The number of hydrogen-bond acceptors (Lipinski definition) is 4. The molecule has 90 valence electrons. The van der Waals surface area contributed by atoms with E-state index in [4.69, 9.17) is 17.3 Å². The number of thiophene rings is 1. The maximum absolute atomic E-state index is 12.2. The molecule has 0 aliphatic rings. The first-order chi connectivity index (χ1) is 8.66. The summed E-state index contributed by atoms with van der Waals surface area (Å²) in [6.07, 6.45) is 0. The third-order valence-electron chi connectivity index (χ3n) is 2.60. The van der Waals surface area contributed by atoms with E-state index in [1.54, 1.807) is 30.3 Å². The molecule has 1 aromatic carbocycles. The lowest BCUT2D eigenvalue weighted by molar-refractivity contribution is 0.829. The first-order valence-electron chi connectivity index (χ1n) is 5.19. The maximum atomic E-state index is 12.2. The van der Waals surface area contributed by atoms with Crippen molar-refractivity contribution < 1.29 is 0 Å². The average molecular weight is 278 g/mol. The maximum Gasteiger partial charge on any atom is 0.280 e. The standard InChI is InChI=1S/C12H8ClN3OS/c13-7-1-3-8(4-2-7)16-12(17)9-5-6-18-10(9)11(14)15-16/h1-6H,(H2,14,15). The van der Waals surface area contributed by atoms with Gasteiger partial charge in [0, 0.05) is 5.02 Å². The number of rotatable bonds is 1. The van der Waals surface area contributed by atoms with E-state index in [0.717, 1.165) is 4.70 Å². The van der Waals surface area contributed by atoms with Crippen molar-refractivity contribution in [3.8, 4) is 5.69 Å². The van der Waals surface area contributed by atoms with Gasteiger partial charge in [0.1, 0.15) is 0 Å². The molecular weight excluding hydrogens is 270 g/mol. The SMILES string of the molecule is Nc1nn(-c2ccc(Cl)cc2)c(=O)c2ccsc12. The van der Waals surface area contributed by atoms with Crippen molar-refractivity contribution in [3.63, 3.8) is 0 Å². The normalized spacial score (nSPS) is 10.9. The van der Waals surface area contributed by atoms with E-state index in [1.165, 1.54) is 16.0 Å². The number of halogens is 1. The van der Waals surface area contributed by atoms with Crippen LogP contribution in [0.4, 0.5) is 5.82 Å². The van der Waals surface area contributed by atoms with Gasteiger partial charge in [-0.3, -0.25) is 4.79 Å². The minimum absolute atomic E-state index is 0.178. The highest BCUT2D eigenvalue weighted by atomic mass is 35.5. The molecule has 6 heteroatoms. The number of nitrogens with zero attached hydrogens (tertiary/aromatic N) is 2. The Bertz CT molecular complexity index is 776. The van der Waals surface area contributed by atoms with Crippen LogP contribution in [0.5, 0.6) is 0 Å². The number of nitrogens with two attached hydrogens (primary N) is 1. The second kappa shape index (κ2) is 4.12. The van der Waals surface area contributed by atoms with E-state index in [-0.39, 0.29) is 5.56 Å². The van der Waals surface area contributed by atoms with Crippen LogP contribution < -0.4 is 11.3 Å². The molecule has 18 heavy (non-hydrogen) atoms. The summed E-state index contributed by atoms with van der Waals surface area (Å²) in [5, 5.41) is 7.15. The summed E-state index contributed by atoms with van der Waals surface area (Å²) in [5.74, 6) is 0.356. The molecule has 0 saturated carbocycles. The van der Waals surface area contributed by atoms with Crippen LogP contribution in [0.1, 0.15) is 0 Å². The Morgan fingerprint density at radius 1 is 1.22 bits per heavy atom. The van der Waals surface area contributed by atoms with Crippen LogP contribution in [0.25, 0.3) is 15.8 Å². The summed E-state index contributed by atoms with van der Waals surface area (Å²) in [5.41, 5.74) is 6.32. The van der Waals surface area contributed by atoms with Crippen molar-refractivity contribution in [2.75, 3.05) is 5.73 Å². The minimum Gasteiger partial charge on any atom is -0.381 e. The summed E-state index contributed by atoms with van der Waals surface area (Å²) >= 11 is 7.23. The predicted octanol–water partition coefficient (Wildman–Crippen LogP) is 2.68. The molecular formula is C12H8ClN3OS. The van der Waals surface area contributed by atoms with Crippen molar-refractivity contribution in [1.82, 2.24) is 9.78 Å². The van der Waals surface area contributed by atoms with Gasteiger partial charge in [-0.25, -0.2) is 0 Å². The zero-order chi connectivity index (χ0) is 12.7. The Balaban J connectivity index is 2.32. The quantitative estimate of drug-likeness (QED) is 0.744. The Morgan fingerprint density at radius 3 is 2.67 bits per heavy atom. The highest BCUT2D eigenvalue weighted by Gasteiger charge is 2.10. The van der Waals surface area contributed by atoms with Gasteiger partial charge in [0.25, 0.3) is 5.56 Å². The molecule has 2 N–H and O–H groups in total. The van der Waals surface area contributed by atoms with E-state index in [9.17, 15) is 4.79 Å². The molecule has 4 nitrogen and oxygen atoms in total. The number of benzene rings is 1. The molecule has 3 aromatic rings. The van der Waals surface area contributed by atoms with E-state index in [0.29, 0.717) is 21.9 Å². The molecule has 0 radical (unpaired) electrons. The first kappa shape index (κ1) is 11.3. The van der Waals surface area contributed by atoms with Crippen LogP contribution in [-0.4, -0.2) is 9.78 Å². The zero-order valence-corrected chi connectivity index (χ0v) is 10.7. The fourth-order valence-electron chi connectivity index (χ4n) is 1.75. The third kappa shape index (κ3) is 1.68. The van der Waals surface area contributed by atoms with Gasteiger partial charge in [-0.2, -0.15) is 4.68 Å². The number of hydrogen-bond donors (Lipinski definition) is 1. The number of nitrogen functional groups attached to an aromatic ring is 1. The summed E-state index contributed by atoms with van der Waals surface area (Å²) < 4.78 is 2.02. The molecule has 0 unspecified atom stereocenters. The van der Waals surface area contributed by atoms with Crippen LogP contribution >= 0.6 is 22.9 Å². The van der Waals surface area contributed by atoms with Crippen molar-refractivity contribution >= 4 is 38.8 Å². The molecule has 0 aliphatic heterocycles. The third-order valence-corrected chi connectivity index (χ3v) is 3.79. The molecule has 0 spiro atoms. The number of anilines is 1. The second-order valence-electron chi connectivity index (χ2n) is 3.74. The van der Waals surface area contributed by atoms with Gasteiger partial charge in [0.2, 0.25) is 0 Å². The van der Waals surface area contributed by atoms with Crippen molar-refractivity contribution in [1.29, 1.82) is 0 Å².